The predicted octanol–water partition coefficient (Wildman–Crippen LogP) is -0.342. The van der Waals surface area contributed by atoms with E-state index in [4.69, 9.17) is 0 Å². The Labute approximate surface area is 129 Å². The topological polar surface area (TPSA) is 130 Å². The van der Waals surface area contributed by atoms with Crippen LogP contribution in [0.5, 0.6) is 0 Å². The minimum atomic E-state index is -0.588. The Kier molecular flexibility index (Phi) is 5.84. The van der Waals surface area contributed by atoms with Gasteiger partial charge in [-0.3, -0.25) is 4.79 Å². The highest BCUT2D eigenvalue weighted by molar-refractivity contribution is 6.08. The van der Waals surface area contributed by atoms with Gasteiger partial charge in [0.05, 0.1) is 6.42 Å². The number of hydrogen-bond acceptors (Lipinski definition) is 9. The smallest absolute Gasteiger partial charge is 0.341 e. The van der Waals surface area contributed by atoms with E-state index in [2.05, 4.69) is 20.8 Å². The zero-order valence-electron chi connectivity index (χ0n) is 11.8. The molecule has 0 N–H and O–H groups in total. The monoisotopic (exact) mass is 322 g/mol. The molecule has 0 aliphatic carbocycles. The summed E-state index contributed by atoms with van der Waals surface area (Å²) in [6.07, 6.45) is 3.39. The van der Waals surface area contributed by atoms with E-state index < -0.39 is 35.8 Å². The van der Waals surface area contributed by atoms with E-state index in [9.17, 15) is 28.8 Å². The number of esters is 6. The maximum atomic E-state index is 10.3. The van der Waals surface area contributed by atoms with Gasteiger partial charge in [-0.15, -0.1) is 0 Å². The van der Waals surface area contributed by atoms with Crippen molar-refractivity contribution in [2.75, 3.05) is 0 Å². The molecule has 0 unspecified atom stereocenters. The molecule has 0 aromatic rings. The van der Waals surface area contributed by atoms with E-state index in [0.717, 1.165) is 12.2 Å². The first kappa shape index (κ1) is 17.7. The molecule has 3 aliphatic rings. The average molecular weight is 322 g/mol. The first-order chi connectivity index (χ1) is 10.7. The highest BCUT2D eigenvalue weighted by Gasteiger charge is 2.24. The van der Waals surface area contributed by atoms with Gasteiger partial charge in [0.15, 0.2) is 0 Å². The van der Waals surface area contributed by atoms with Gasteiger partial charge in [-0.05, 0) is 6.92 Å². The number of hydrogen-bond donors (Lipinski definition) is 0. The van der Waals surface area contributed by atoms with Crippen LogP contribution < -0.4 is 0 Å². The molecule has 0 bridgehead atoms. The van der Waals surface area contributed by atoms with E-state index in [1.807, 2.05) is 0 Å². The van der Waals surface area contributed by atoms with Crippen LogP contribution in [0.1, 0.15) is 13.3 Å². The summed E-state index contributed by atoms with van der Waals surface area (Å²) in [4.78, 5) is 60.7. The van der Waals surface area contributed by atoms with Gasteiger partial charge in [-0.2, -0.15) is 0 Å². The van der Waals surface area contributed by atoms with E-state index in [1.165, 1.54) is 13.0 Å². The van der Waals surface area contributed by atoms with Crippen LogP contribution in [0.15, 0.2) is 36.0 Å². The molecule has 0 amide bonds. The largest absolute Gasteiger partial charge is 0.389 e. The second kappa shape index (κ2) is 7.59. The third kappa shape index (κ3) is 5.87. The van der Waals surface area contributed by atoms with E-state index >= 15 is 0 Å². The Balaban J connectivity index is 0.000000173. The first-order valence-corrected chi connectivity index (χ1v) is 6.00. The highest BCUT2D eigenvalue weighted by atomic mass is 16.6. The third-order valence-corrected chi connectivity index (χ3v) is 2.26. The van der Waals surface area contributed by atoms with Crippen molar-refractivity contribution in [3.63, 3.8) is 0 Å². The molecule has 1 fully saturated rings. The lowest BCUT2D eigenvalue weighted by atomic mass is 10.3. The van der Waals surface area contributed by atoms with Gasteiger partial charge in [-0.1, -0.05) is 6.58 Å². The fraction of sp³-hybridized carbons (Fsp3) is 0.143. The van der Waals surface area contributed by atoms with Crippen molar-refractivity contribution < 1.29 is 43.0 Å². The van der Waals surface area contributed by atoms with E-state index in [0.29, 0.717) is 5.57 Å². The zero-order valence-corrected chi connectivity index (χ0v) is 11.8. The molecule has 23 heavy (non-hydrogen) atoms. The number of cyclic esters (lactones) is 6. The van der Waals surface area contributed by atoms with Crippen molar-refractivity contribution in [1.82, 2.24) is 0 Å². The van der Waals surface area contributed by atoms with Gasteiger partial charge in [0.2, 0.25) is 0 Å². The molecule has 9 nitrogen and oxygen atoms in total. The molecule has 0 atom stereocenters. The average Bonchev–Trinajstić information content (AvgIpc) is 3.04. The Morgan fingerprint density at radius 1 is 0.826 bits per heavy atom. The minimum absolute atomic E-state index is 0.0544. The Morgan fingerprint density at radius 3 is 1.52 bits per heavy atom. The van der Waals surface area contributed by atoms with Crippen LogP contribution in [0.4, 0.5) is 0 Å². The predicted molar refractivity (Wildman–Crippen MR) is 70.0 cm³/mol. The van der Waals surface area contributed by atoms with Gasteiger partial charge >= 0.3 is 35.8 Å². The maximum Gasteiger partial charge on any atom is 0.341 e. The summed E-state index contributed by atoms with van der Waals surface area (Å²) in [7, 11) is 0. The summed E-state index contributed by atoms with van der Waals surface area (Å²) in [5.74, 6) is -3.34. The highest BCUT2D eigenvalue weighted by Crippen LogP contribution is 2.10. The Bertz CT molecular complexity index is 642. The first-order valence-electron chi connectivity index (χ1n) is 6.00. The molecule has 3 rings (SSSR count). The normalized spacial score (nSPS) is 18.5. The van der Waals surface area contributed by atoms with Crippen molar-refractivity contribution in [3.05, 3.63) is 36.0 Å². The molecule has 9 heteroatoms. The second-order valence-corrected chi connectivity index (χ2v) is 4.15. The lowest BCUT2D eigenvalue weighted by Crippen LogP contribution is -1.99. The van der Waals surface area contributed by atoms with Gasteiger partial charge < -0.3 is 14.2 Å². The lowest BCUT2D eigenvalue weighted by Gasteiger charge is -1.83. The summed E-state index contributed by atoms with van der Waals surface area (Å²) in [6, 6.07) is 0. The van der Waals surface area contributed by atoms with Crippen LogP contribution in [0.25, 0.3) is 0 Å². The molecule has 0 aromatic heterocycles. The molecule has 0 spiro atoms. The minimum Gasteiger partial charge on any atom is -0.389 e. The summed E-state index contributed by atoms with van der Waals surface area (Å²) in [5.41, 5.74) is 0.616. The van der Waals surface area contributed by atoms with Crippen LogP contribution >= 0.6 is 0 Å². The summed E-state index contributed by atoms with van der Waals surface area (Å²) in [5, 5.41) is 0. The fourth-order valence-corrected chi connectivity index (χ4v) is 1.20. The van der Waals surface area contributed by atoms with Crippen LogP contribution in [0.3, 0.4) is 0 Å². The van der Waals surface area contributed by atoms with E-state index in [1.54, 1.807) is 0 Å². The molecule has 0 aromatic carbocycles. The summed E-state index contributed by atoms with van der Waals surface area (Å²) < 4.78 is 12.2. The number of rotatable bonds is 0. The van der Waals surface area contributed by atoms with Crippen molar-refractivity contribution in [2.24, 2.45) is 0 Å². The van der Waals surface area contributed by atoms with Crippen molar-refractivity contribution >= 4 is 35.8 Å². The van der Waals surface area contributed by atoms with Crippen molar-refractivity contribution in [3.8, 4) is 0 Å². The van der Waals surface area contributed by atoms with Gasteiger partial charge in [-0.25, -0.2) is 24.0 Å². The molecule has 120 valence electrons. The number of ether oxygens (including phenoxy) is 3. The van der Waals surface area contributed by atoms with Crippen molar-refractivity contribution in [2.45, 2.75) is 13.3 Å². The number of carbonyl (C=O) groups excluding carboxylic acids is 6. The van der Waals surface area contributed by atoms with Gasteiger partial charge in [0.1, 0.15) is 0 Å². The number of carbonyl (C=O) groups is 6. The maximum absolute atomic E-state index is 10.3. The summed E-state index contributed by atoms with van der Waals surface area (Å²) in [6.45, 7) is 4.83. The lowest BCUT2D eigenvalue weighted by molar-refractivity contribution is -0.152. The second-order valence-electron chi connectivity index (χ2n) is 4.15. The van der Waals surface area contributed by atoms with E-state index in [-0.39, 0.29) is 12.0 Å². The van der Waals surface area contributed by atoms with Crippen LogP contribution in [0, 0.1) is 0 Å². The van der Waals surface area contributed by atoms with Crippen LogP contribution in [0.2, 0.25) is 0 Å². The molecule has 3 heterocycles. The molecule has 0 radical (unpaired) electrons. The fourth-order valence-electron chi connectivity index (χ4n) is 1.20. The Hall–Kier alpha value is -3.36. The quantitative estimate of drug-likeness (QED) is 0.254. The molecule has 0 saturated carbocycles. The third-order valence-electron chi connectivity index (χ3n) is 2.26. The van der Waals surface area contributed by atoms with Gasteiger partial charge in [0.25, 0.3) is 0 Å². The van der Waals surface area contributed by atoms with Gasteiger partial charge in [0, 0.05) is 29.4 Å². The zero-order chi connectivity index (χ0) is 17.6. The van der Waals surface area contributed by atoms with Crippen molar-refractivity contribution in [1.29, 1.82) is 0 Å². The van der Waals surface area contributed by atoms with Crippen LogP contribution in [-0.4, -0.2) is 35.8 Å². The molecular weight excluding hydrogens is 312 g/mol. The Morgan fingerprint density at radius 2 is 1.39 bits per heavy atom. The summed E-state index contributed by atoms with van der Waals surface area (Å²) >= 11 is 0. The molecular formula is C14H10O9. The van der Waals surface area contributed by atoms with Crippen LogP contribution in [-0.2, 0) is 43.0 Å². The molecule has 1 saturated heterocycles. The molecule has 3 aliphatic heterocycles. The standard InChI is InChI=1S/2C5H4O3.C4H2O3/c2*1-3-2-4(6)8-5(3)7;5-3-1-2-4(6)7-3/h2H,1H3;1-2H2;1-2H. The SMILES string of the molecule is C=C1CC(=O)OC1=O.CC1=CC(=O)OC1=O.O=C1C=CC(=O)O1.